The van der Waals surface area contributed by atoms with Gasteiger partial charge in [-0.3, -0.25) is 19.5 Å². The van der Waals surface area contributed by atoms with Crippen molar-refractivity contribution in [3.05, 3.63) is 87.2 Å². The van der Waals surface area contributed by atoms with E-state index in [4.69, 9.17) is 23.2 Å². The minimum Gasteiger partial charge on any atom is -0.433 e. The molecule has 3 aromatic rings. The van der Waals surface area contributed by atoms with E-state index >= 15 is 0 Å². The smallest absolute Gasteiger partial charge is 0.387 e. The number of halogens is 4. The molecular formula is C26H23Cl2F2N3O3. The maximum absolute atomic E-state index is 12.7. The summed E-state index contributed by atoms with van der Waals surface area (Å²) in [5.41, 5.74) is 2.40. The van der Waals surface area contributed by atoms with Crippen LogP contribution in [0.5, 0.6) is 5.75 Å². The molecule has 5 rings (SSSR count). The Kier molecular flexibility index (Phi) is 6.70. The molecule has 10 heteroatoms. The largest absolute Gasteiger partial charge is 0.433 e. The number of hydrogen-bond acceptors (Lipinski definition) is 4. The highest BCUT2D eigenvalue weighted by Crippen LogP contribution is 2.43. The van der Waals surface area contributed by atoms with Crippen molar-refractivity contribution in [1.82, 2.24) is 10.3 Å². The third-order valence-electron chi connectivity index (χ3n) is 6.14. The third-order valence-corrected chi connectivity index (χ3v) is 6.61. The highest BCUT2D eigenvalue weighted by molar-refractivity contribution is 6.31. The molecule has 2 aliphatic heterocycles. The maximum Gasteiger partial charge on any atom is 0.387 e. The number of amides is 2. The topological polar surface area (TPSA) is 71.5 Å². The van der Waals surface area contributed by atoms with Crippen LogP contribution >= 0.6 is 23.2 Å². The van der Waals surface area contributed by atoms with E-state index in [1.807, 2.05) is 33.8 Å². The zero-order valence-electron chi connectivity index (χ0n) is 19.9. The Balaban J connectivity index is 0.000000197. The molecule has 0 saturated carbocycles. The predicted molar refractivity (Wildman–Crippen MR) is 134 cm³/mol. The minimum absolute atomic E-state index is 0.0170. The van der Waals surface area contributed by atoms with Crippen LogP contribution in [-0.2, 0) is 11.1 Å². The molecule has 6 nitrogen and oxygen atoms in total. The number of carbonyl (C=O) groups is 2. The average Bonchev–Trinajstić information content (AvgIpc) is 3.12. The number of benzene rings is 2. The van der Waals surface area contributed by atoms with E-state index in [9.17, 15) is 18.4 Å². The fraction of sp³-hybridized carbons (Fsp3) is 0.269. The fourth-order valence-electron chi connectivity index (χ4n) is 4.49. The molecule has 0 radical (unpaired) electrons. The Hall–Kier alpha value is -3.23. The van der Waals surface area contributed by atoms with Crippen molar-refractivity contribution in [2.75, 3.05) is 4.90 Å². The maximum atomic E-state index is 12.7. The molecule has 0 atom stereocenters. The zero-order chi connectivity index (χ0) is 26.4. The van der Waals surface area contributed by atoms with Crippen LogP contribution in [0.2, 0.25) is 10.0 Å². The van der Waals surface area contributed by atoms with Crippen LogP contribution in [-0.4, -0.2) is 23.4 Å². The van der Waals surface area contributed by atoms with E-state index in [1.54, 1.807) is 30.3 Å². The number of fused-ring (bicyclic) bond motifs is 2. The lowest BCUT2D eigenvalue weighted by molar-refractivity contribution is -0.0500. The summed E-state index contributed by atoms with van der Waals surface area (Å²) in [6.07, 6.45) is 2.61. The summed E-state index contributed by atoms with van der Waals surface area (Å²) >= 11 is 11.9. The standard InChI is InChI=1S/C16H13ClF2N2O2.C10H10ClNO/c1-16(2)13-5-9(17)3-4-12(13)14(22)21(16)10-6-11(8-20-7-10)23-15(18)19;1-10(2)8-5-6(11)3-4-7(8)9(13)12-10/h3-8,15H,1-2H3;3-5H,1-2H3,(H,12,13). The SMILES string of the molecule is CC1(C)NC(=O)c2ccc(Cl)cc21.CC1(C)c2cc(Cl)ccc2C(=O)N1c1cncc(OC(F)F)c1. The van der Waals surface area contributed by atoms with Gasteiger partial charge in [0, 0.05) is 27.2 Å². The van der Waals surface area contributed by atoms with Gasteiger partial charge in [0.05, 0.1) is 29.2 Å². The number of aromatic nitrogens is 1. The first-order valence-electron chi connectivity index (χ1n) is 11.0. The van der Waals surface area contributed by atoms with Gasteiger partial charge in [0.25, 0.3) is 11.8 Å². The first kappa shape index (κ1) is 25.9. The van der Waals surface area contributed by atoms with Crippen LogP contribution in [0.3, 0.4) is 0 Å². The number of pyridine rings is 1. The van der Waals surface area contributed by atoms with E-state index in [0.29, 0.717) is 21.3 Å². The number of rotatable bonds is 3. The van der Waals surface area contributed by atoms with Gasteiger partial charge in [-0.05, 0) is 75.2 Å². The molecule has 0 spiro atoms. The quantitative estimate of drug-likeness (QED) is 0.414. The zero-order valence-corrected chi connectivity index (χ0v) is 21.4. The molecule has 0 saturated heterocycles. The number of nitrogens with zero attached hydrogens (tertiary/aromatic N) is 2. The van der Waals surface area contributed by atoms with Gasteiger partial charge in [0.2, 0.25) is 0 Å². The summed E-state index contributed by atoms with van der Waals surface area (Å²) in [6.45, 7) is 4.69. The van der Waals surface area contributed by atoms with Gasteiger partial charge in [-0.25, -0.2) is 0 Å². The Labute approximate surface area is 217 Å². The lowest BCUT2D eigenvalue weighted by Gasteiger charge is -2.32. The summed E-state index contributed by atoms with van der Waals surface area (Å²) in [7, 11) is 0. The number of nitrogens with one attached hydrogen (secondary N) is 1. The lowest BCUT2D eigenvalue weighted by Crippen LogP contribution is -2.39. The Morgan fingerprint density at radius 2 is 1.53 bits per heavy atom. The van der Waals surface area contributed by atoms with Crippen LogP contribution in [0, 0.1) is 0 Å². The summed E-state index contributed by atoms with van der Waals surface area (Å²) in [5, 5.41) is 4.09. The van der Waals surface area contributed by atoms with Gasteiger partial charge in [-0.15, -0.1) is 0 Å². The lowest BCUT2D eigenvalue weighted by atomic mass is 9.93. The number of ether oxygens (including phenoxy) is 1. The molecule has 1 N–H and O–H groups in total. The molecule has 2 aliphatic rings. The molecule has 2 aromatic carbocycles. The van der Waals surface area contributed by atoms with Gasteiger partial charge >= 0.3 is 6.61 Å². The summed E-state index contributed by atoms with van der Waals surface area (Å²) in [6, 6.07) is 11.8. The second kappa shape index (κ2) is 9.33. The Morgan fingerprint density at radius 1 is 0.917 bits per heavy atom. The van der Waals surface area contributed by atoms with Crippen LogP contribution in [0.4, 0.5) is 14.5 Å². The van der Waals surface area contributed by atoms with Crippen molar-refractivity contribution < 1.29 is 23.1 Å². The summed E-state index contributed by atoms with van der Waals surface area (Å²) in [4.78, 5) is 29.5. The molecule has 36 heavy (non-hydrogen) atoms. The monoisotopic (exact) mass is 533 g/mol. The number of hydrogen-bond donors (Lipinski definition) is 1. The van der Waals surface area contributed by atoms with Crippen molar-refractivity contribution in [1.29, 1.82) is 0 Å². The summed E-state index contributed by atoms with van der Waals surface area (Å²) < 4.78 is 29.1. The third kappa shape index (κ3) is 4.75. The molecule has 0 aliphatic carbocycles. The predicted octanol–water partition coefficient (Wildman–Crippen LogP) is 6.55. The van der Waals surface area contributed by atoms with Gasteiger partial charge in [0.1, 0.15) is 5.75 Å². The molecule has 2 amide bonds. The molecule has 0 fully saturated rings. The first-order chi connectivity index (χ1) is 16.8. The van der Waals surface area contributed by atoms with Crippen molar-refractivity contribution in [2.24, 2.45) is 0 Å². The Morgan fingerprint density at radius 3 is 2.17 bits per heavy atom. The molecule has 1 aromatic heterocycles. The van der Waals surface area contributed by atoms with Crippen molar-refractivity contribution in [3.63, 3.8) is 0 Å². The second-order valence-electron chi connectivity index (χ2n) is 9.42. The molecule has 0 unspecified atom stereocenters. The van der Waals surface area contributed by atoms with Crippen LogP contribution in [0.25, 0.3) is 0 Å². The van der Waals surface area contributed by atoms with Crippen LogP contribution in [0.15, 0.2) is 54.9 Å². The second-order valence-corrected chi connectivity index (χ2v) is 10.3. The average molecular weight is 534 g/mol. The highest BCUT2D eigenvalue weighted by Gasteiger charge is 2.44. The summed E-state index contributed by atoms with van der Waals surface area (Å²) in [5.74, 6) is -0.357. The van der Waals surface area contributed by atoms with Crippen molar-refractivity contribution in [2.45, 2.75) is 45.4 Å². The molecule has 188 valence electrons. The number of anilines is 1. The van der Waals surface area contributed by atoms with E-state index in [2.05, 4.69) is 15.0 Å². The molecular weight excluding hydrogens is 511 g/mol. The molecule has 3 heterocycles. The fourth-order valence-corrected chi connectivity index (χ4v) is 4.84. The van der Waals surface area contributed by atoms with Crippen molar-refractivity contribution >= 4 is 40.7 Å². The number of alkyl halides is 2. The van der Waals surface area contributed by atoms with E-state index in [-0.39, 0.29) is 23.1 Å². The molecule has 0 bridgehead atoms. The van der Waals surface area contributed by atoms with Crippen molar-refractivity contribution in [3.8, 4) is 5.75 Å². The van der Waals surface area contributed by atoms with Gasteiger partial charge < -0.3 is 10.1 Å². The minimum atomic E-state index is -2.95. The normalized spacial score (nSPS) is 16.8. The Bertz CT molecular complexity index is 1360. The number of carbonyl (C=O) groups excluding carboxylic acids is 2. The van der Waals surface area contributed by atoms with Gasteiger partial charge in [0.15, 0.2) is 0 Å². The van der Waals surface area contributed by atoms with E-state index in [1.165, 1.54) is 23.4 Å². The van der Waals surface area contributed by atoms with E-state index < -0.39 is 12.2 Å². The first-order valence-corrected chi connectivity index (χ1v) is 11.7. The highest BCUT2D eigenvalue weighted by atomic mass is 35.5. The van der Waals surface area contributed by atoms with Crippen LogP contribution in [0.1, 0.15) is 59.5 Å². The van der Waals surface area contributed by atoms with Crippen LogP contribution < -0.4 is 15.0 Å². The van der Waals surface area contributed by atoms with E-state index in [0.717, 1.165) is 16.7 Å². The van der Waals surface area contributed by atoms with Gasteiger partial charge in [-0.1, -0.05) is 23.2 Å². The van der Waals surface area contributed by atoms with Gasteiger partial charge in [-0.2, -0.15) is 8.78 Å².